The van der Waals surface area contributed by atoms with Gasteiger partial charge in [0.15, 0.2) is 0 Å². The number of hydrogen-bond donors (Lipinski definition) is 0. The van der Waals surface area contributed by atoms with Crippen molar-refractivity contribution in [2.75, 3.05) is 9.80 Å². The highest BCUT2D eigenvalue weighted by atomic mass is 15.2. The first-order valence-electron chi connectivity index (χ1n) is 26.0. The topological polar surface area (TPSA) is 6.48 Å². The van der Waals surface area contributed by atoms with Crippen LogP contribution in [0, 0.1) is 0 Å². The maximum Gasteiger partial charge on any atom is 0.252 e. The van der Waals surface area contributed by atoms with Crippen molar-refractivity contribution in [2.24, 2.45) is 0 Å². The number of benzene rings is 13. The molecule has 2 aliphatic rings. The molecule has 346 valence electrons. The molecule has 13 aromatic rings. The minimum Gasteiger partial charge on any atom is -0.311 e. The molecule has 2 aliphatic heterocycles. The van der Waals surface area contributed by atoms with Gasteiger partial charge < -0.3 is 9.80 Å². The molecule has 3 heteroatoms. The molecule has 0 unspecified atom stereocenters. The molecule has 2 heterocycles. The third-order valence-corrected chi connectivity index (χ3v) is 16.6. The van der Waals surface area contributed by atoms with Gasteiger partial charge in [-0.3, -0.25) is 0 Å². The van der Waals surface area contributed by atoms with E-state index in [-0.39, 0.29) is 17.5 Å². The van der Waals surface area contributed by atoms with Crippen molar-refractivity contribution in [1.29, 1.82) is 0 Å². The molecule has 73 heavy (non-hydrogen) atoms. The Bertz CT molecular complexity index is 4190. The number of anilines is 6. The Hall–Kier alpha value is -8.40. The Morgan fingerprint density at radius 2 is 0.616 bits per heavy atom. The Kier molecular flexibility index (Phi) is 8.73. The van der Waals surface area contributed by atoms with E-state index in [4.69, 9.17) is 0 Å². The minimum atomic E-state index is -0.0375. The molecule has 0 radical (unpaired) electrons. The lowest BCUT2D eigenvalue weighted by atomic mass is 9.33. The summed E-state index contributed by atoms with van der Waals surface area (Å²) >= 11 is 0. The second kappa shape index (κ2) is 15.1. The van der Waals surface area contributed by atoms with Crippen molar-refractivity contribution in [3.63, 3.8) is 0 Å². The van der Waals surface area contributed by atoms with E-state index in [1.165, 1.54) is 136 Å². The largest absolute Gasteiger partial charge is 0.311 e. The van der Waals surface area contributed by atoms with E-state index in [9.17, 15) is 0 Å². The van der Waals surface area contributed by atoms with Gasteiger partial charge in [0.2, 0.25) is 0 Å². The predicted octanol–water partition coefficient (Wildman–Crippen LogP) is 17.6. The molecule has 15 rings (SSSR count). The molecule has 0 saturated carbocycles. The summed E-state index contributed by atoms with van der Waals surface area (Å²) in [5.74, 6) is 0. The number of rotatable bonds is 2. The molecule has 0 atom stereocenters. The van der Waals surface area contributed by atoms with Crippen LogP contribution in [-0.2, 0) is 10.8 Å². The second-order valence-electron chi connectivity index (χ2n) is 22.9. The Balaban J connectivity index is 1.05. The standard InChI is InChI=1S/C70H53BN2/c1-69(2,3)46-28-26-42-38-66-62(36-44(42)34-46)71-63-37-45-35-47(70(4,5)6)29-27-43(45)39-67(63)73(49-31-33-59-55-21-10-8-17-51(55)53-19-12-14-23-57(53)61(59)41-49)65-25-15-24-64(68(65)71)72(66)48-30-32-58-54-20-9-7-16-50(54)52-18-11-13-22-56(52)60(58)40-48/h7-41H,1-6H3. The van der Waals surface area contributed by atoms with E-state index in [1.807, 2.05) is 0 Å². The Morgan fingerprint density at radius 1 is 0.274 bits per heavy atom. The van der Waals surface area contributed by atoms with E-state index in [0.717, 1.165) is 11.4 Å². The first-order chi connectivity index (χ1) is 35.5. The number of nitrogens with zero attached hydrogens (tertiary/aromatic N) is 2. The third-order valence-electron chi connectivity index (χ3n) is 16.6. The van der Waals surface area contributed by atoms with Crippen LogP contribution in [-0.4, -0.2) is 6.71 Å². The van der Waals surface area contributed by atoms with E-state index in [1.54, 1.807) is 0 Å². The quantitative estimate of drug-likeness (QED) is 0.126. The van der Waals surface area contributed by atoms with Gasteiger partial charge in [0.1, 0.15) is 0 Å². The molecule has 0 aliphatic carbocycles. The molecule has 0 aromatic heterocycles. The van der Waals surface area contributed by atoms with E-state index >= 15 is 0 Å². The van der Waals surface area contributed by atoms with Crippen LogP contribution in [0.4, 0.5) is 34.1 Å². The van der Waals surface area contributed by atoms with Crippen molar-refractivity contribution < 1.29 is 0 Å². The van der Waals surface area contributed by atoms with Gasteiger partial charge in [0, 0.05) is 34.1 Å². The first-order valence-corrected chi connectivity index (χ1v) is 26.0. The lowest BCUT2D eigenvalue weighted by Crippen LogP contribution is -2.61. The first kappa shape index (κ1) is 42.3. The van der Waals surface area contributed by atoms with Crippen LogP contribution in [0.25, 0.3) is 86.2 Å². The highest BCUT2D eigenvalue weighted by Gasteiger charge is 2.44. The Morgan fingerprint density at radius 3 is 0.973 bits per heavy atom. The van der Waals surface area contributed by atoms with Gasteiger partial charge in [-0.15, -0.1) is 0 Å². The molecule has 0 amide bonds. The molecule has 0 fully saturated rings. The predicted molar refractivity (Wildman–Crippen MR) is 318 cm³/mol. The van der Waals surface area contributed by atoms with Crippen LogP contribution in [0.2, 0.25) is 0 Å². The molecule has 0 N–H and O–H groups in total. The smallest absolute Gasteiger partial charge is 0.252 e. The fourth-order valence-corrected chi connectivity index (χ4v) is 13.0. The van der Waals surface area contributed by atoms with Crippen molar-refractivity contribution in [3.05, 3.63) is 223 Å². The van der Waals surface area contributed by atoms with Crippen LogP contribution in [0.1, 0.15) is 52.7 Å². The molecule has 2 nitrogen and oxygen atoms in total. The molecular formula is C70H53BN2. The van der Waals surface area contributed by atoms with Crippen molar-refractivity contribution in [3.8, 4) is 0 Å². The SMILES string of the molecule is CC(C)(C)c1ccc2cc3c(cc2c1)B1c2cc4cc(C(C)(C)C)ccc4cc2N(c2ccc4c5ccccc5c5ccccc5c4c2)c2cccc(c21)N3c1ccc2c3ccccc3c3ccccc3c2c1. The fraction of sp³-hybridized carbons (Fsp3) is 0.114. The monoisotopic (exact) mass is 932 g/mol. The highest BCUT2D eigenvalue weighted by molar-refractivity contribution is 7.00. The zero-order valence-corrected chi connectivity index (χ0v) is 42.2. The number of fused-ring (bicyclic) bond motifs is 18. The van der Waals surface area contributed by atoms with E-state index in [2.05, 4.69) is 264 Å². The van der Waals surface area contributed by atoms with Gasteiger partial charge in [0.25, 0.3) is 6.71 Å². The fourth-order valence-electron chi connectivity index (χ4n) is 13.0. The summed E-state index contributed by atoms with van der Waals surface area (Å²) in [5, 5.41) is 20.4. The van der Waals surface area contributed by atoms with Crippen LogP contribution >= 0.6 is 0 Å². The van der Waals surface area contributed by atoms with Crippen LogP contribution < -0.4 is 26.2 Å². The maximum atomic E-state index is 2.59. The minimum absolute atomic E-state index is 0.00697. The summed E-state index contributed by atoms with van der Waals surface area (Å²) in [6.45, 7) is 13.9. The normalized spacial score (nSPS) is 13.5. The zero-order chi connectivity index (χ0) is 49.1. The van der Waals surface area contributed by atoms with Gasteiger partial charge in [-0.1, -0.05) is 205 Å². The summed E-state index contributed by atoms with van der Waals surface area (Å²) < 4.78 is 0. The number of hydrogen-bond acceptors (Lipinski definition) is 2. The lowest BCUT2D eigenvalue weighted by Gasteiger charge is -2.44. The van der Waals surface area contributed by atoms with Crippen molar-refractivity contribution >= 4 is 143 Å². The maximum absolute atomic E-state index is 2.59. The molecule has 13 aromatic carbocycles. The summed E-state index contributed by atoms with van der Waals surface area (Å²) in [6, 6.07) is 81.5. The summed E-state index contributed by atoms with van der Waals surface area (Å²) in [4.78, 5) is 5.18. The van der Waals surface area contributed by atoms with Crippen LogP contribution in [0.3, 0.4) is 0 Å². The van der Waals surface area contributed by atoms with Gasteiger partial charge in [-0.05, 0) is 173 Å². The third kappa shape index (κ3) is 6.18. The molecule has 0 saturated heterocycles. The average molecular weight is 933 g/mol. The highest BCUT2D eigenvalue weighted by Crippen LogP contribution is 2.48. The Labute approximate surface area is 426 Å². The summed E-state index contributed by atoms with van der Waals surface area (Å²) in [5.41, 5.74) is 13.8. The van der Waals surface area contributed by atoms with Crippen LogP contribution in [0.5, 0.6) is 0 Å². The van der Waals surface area contributed by atoms with Gasteiger partial charge in [0.05, 0.1) is 0 Å². The van der Waals surface area contributed by atoms with Crippen molar-refractivity contribution in [2.45, 2.75) is 52.4 Å². The van der Waals surface area contributed by atoms with E-state index < -0.39 is 0 Å². The average Bonchev–Trinajstić information content (AvgIpc) is 3.43. The summed E-state index contributed by atoms with van der Waals surface area (Å²) in [7, 11) is 0. The van der Waals surface area contributed by atoms with Crippen LogP contribution in [0.15, 0.2) is 212 Å². The van der Waals surface area contributed by atoms with Gasteiger partial charge in [-0.2, -0.15) is 0 Å². The van der Waals surface area contributed by atoms with Gasteiger partial charge >= 0.3 is 0 Å². The lowest BCUT2D eigenvalue weighted by molar-refractivity contribution is 0.591. The van der Waals surface area contributed by atoms with E-state index in [0.29, 0.717) is 0 Å². The summed E-state index contributed by atoms with van der Waals surface area (Å²) in [6.07, 6.45) is 0. The molecule has 0 spiro atoms. The molecular weight excluding hydrogens is 880 g/mol. The van der Waals surface area contributed by atoms with Crippen molar-refractivity contribution in [1.82, 2.24) is 0 Å². The zero-order valence-electron chi connectivity index (χ0n) is 42.2. The molecule has 0 bridgehead atoms. The van der Waals surface area contributed by atoms with Gasteiger partial charge in [-0.25, -0.2) is 0 Å². The second-order valence-corrected chi connectivity index (χ2v) is 22.9.